The van der Waals surface area contributed by atoms with Crippen molar-refractivity contribution in [1.82, 2.24) is 0 Å². The number of hydrogen-bond donors (Lipinski definition) is 1. The van der Waals surface area contributed by atoms with E-state index in [0.29, 0.717) is 23.0 Å². The van der Waals surface area contributed by atoms with Crippen LogP contribution in [0.5, 0.6) is 11.5 Å². The molecule has 1 N–H and O–H groups in total. The van der Waals surface area contributed by atoms with Gasteiger partial charge in [0, 0.05) is 5.69 Å². The van der Waals surface area contributed by atoms with Crippen LogP contribution in [0.2, 0.25) is 0 Å². The number of carbonyl (C=O) groups excluding carboxylic acids is 2. The van der Waals surface area contributed by atoms with Crippen molar-refractivity contribution >= 4 is 17.6 Å². The highest BCUT2D eigenvalue weighted by Crippen LogP contribution is 2.28. The van der Waals surface area contributed by atoms with E-state index in [1.807, 2.05) is 24.3 Å². The van der Waals surface area contributed by atoms with Gasteiger partial charge >= 0.3 is 5.97 Å². The van der Waals surface area contributed by atoms with Crippen molar-refractivity contribution in [1.29, 1.82) is 0 Å². The number of para-hydroxylation sites is 1. The van der Waals surface area contributed by atoms with E-state index >= 15 is 0 Å². The third-order valence-corrected chi connectivity index (χ3v) is 4.54. The monoisotopic (exact) mass is 385 g/mol. The van der Waals surface area contributed by atoms with Crippen LogP contribution in [0, 0.1) is 0 Å². The van der Waals surface area contributed by atoms with Crippen molar-refractivity contribution in [3.05, 3.63) is 53.6 Å². The van der Waals surface area contributed by atoms with Crippen LogP contribution in [0.15, 0.2) is 42.5 Å². The first kappa shape index (κ1) is 21.3. The van der Waals surface area contributed by atoms with E-state index in [-0.39, 0.29) is 18.9 Å². The third-order valence-electron chi connectivity index (χ3n) is 4.54. The van der Waals surface area contributed by atoms with Crippen LogP contribution in [0.25, 0.3) is 0 Å². The molecule has 0 unspecified atom stereocenters. The standard InChI is InChI=1S/C22H27NO5/c1-5-15(2)17-8-6-7-9-18(17)23-21(24)14-28-22(25)13-16-10-11-19(26-3)20(12-16)27-4/h6-12,15H,5,13-14H2,1-4H3,(H,23,24)/t15-/m0/s1. The largest absolute Gasteiger partial charge is 0.493 e. The van der Waals surface area contributed by atoms with Crippen molar-refractivity contribution in [3.8, 4) is 11.5 Å². The number of anilines is 1. The molecule has 0 radical (unpaired) electrons. The minimum Gasteiger partial charge on any atom is -0.493 e. The van der Waals surface area contributed by atoms with Gasteiger partial charge in [-0.2, -0.15) is 0 Å². The summed E-state index contributed by atoms with van der Waals surface area (Å²) in [5.74, 6) is 0.587. The Morgan fingerprint density at radius 3 is 2.43 bits per heavy atom. The highest BCUT2D eigenvalue weighted by molar-refractivity contribution is 5.93. The Bertz CT molecular complexity index is 818. The molecule has 150 valence electrons. The number of benzene rings is 2. The summed E-state index contributed by atoms with van der Waals surface area (Å²) in [5.41, 5.74) is 2.53. The highest BCUT2D eigenvalue weighted by Gasteiger charge is 2.14. The molecule has 0 spiro atoms. The molecule has 0 saturated heterocycles. The Morgan fingerprint density at radius 2 is 1.75 bits per heavy atom. The Hall–Kier alpha value is -3.02. The lowest BCUT2D eigenvalue weighted by atomic mass is 9.97. The van der Waals surface area contributed by atoms with Crippen molar-refractivity contribution in [2.45, 2.75) is 32.6 Å². The number of hydrogen-bond acceptors (Lipinski definition) is 5. The second kappa shape index (κ2) is 10.3. The molecule has 1 amide bonds. The molecular formula is C22H27NO5. The predicted octanol–water partition coefficient (Wildman–Crippen LogP) is 3.94. The van der Waals surface area contributed by atoms with Gasteiger partial charge in [0.25, 0.3) is 5.91 Å². The molecule has 1 atom stereocenters. The first-order chi connectivity index (χ1) is 13.5. The van der Waals surface area contributed by atoms with Crippen LogP contribution in [0.4, 0.5) is 5.69 Å². The zero-order chi connectivity index (χ0) is 20.5. The fourth-order valence-electron chi connectivity index (χ4n) is 2.80. The number of esters is 1. The van der Waals surface area contributed by atoms with E-state index in [1.54, 1.807) is 25.3 Å². The molecule has 6 heteroatoms. The molecule has 0 heterocycles. The molecule has 0 fully saturated rings. The van der Waals surface area contributed by atoms with E-state index in [1.165, 1.54) is 7.11 Å². The molecule has 0 aromatic heterocycles. The molecule has 28 heavy (non-hydrogen) atoms. The second-order valence-corrected chi connectivity index (χ2v) is 6.47. The fraction of sp³-hybridized carbons (Fsp3) is 0.364. The maximum absolute atomic E-state index is 12.2. The van der Waals surface area contributed by atoms with Crippen LogP contribution in [0.1, 0.15) is 37.3 Å². The van der Waals surface area contributed by atoms with E-state index in [9.17, 15) is 9.59 Å². The van der Waals surface area contributed by atoms with Crippen molar-refractivity contribution < 1.29 is 23.8 Å². The third kappa shape index (κ3) is 5.74. The minimum absolute atomic E-state index is 0.0388. The van der Waals surface area contributed by atoms with Gasteiger partial charge in [0.15, 0.2) is 18.1 Å². The van der Waals surface area contributed by atoms with E-state index in [2.05, 4.69) is 19.2 Å². The van der Waals surface area contributed by atoms with E-state index in [0.717, 1.165) is 17.7 Å². The zero-order valence-corrected chi connectivity index (χ0v) is 16.8. The van der Waals surface area contributed by atoms with Gasteiger partial charge in [-0.05, 0) is 41.7 Å². The molecule has 0 saturated carbocycles. The Labute approximate surface area is 165 Å². The lowest BCUT2D eigenvalue weighted by Gasteiger charge is -2.15. The summed E-state index contributed by atoms with van der Waals surface area (Å²) in [4.78, 5) is 24.3. The van der Waals surface area contributed by atoms with Gasteiger partial charge in [0.05, 0.1) is 20.6 Å². The first-order valence-corrected chi connectivity index (χ1v) is 9.23. The van der Waals surface area contributed by atoms with Gasteiger partial charge in [0.1, 0.15) is 0 Å². The SMILES string of the molecule is CC[C@H](C)c1ccccc1NC(=O)COC(=O)Cc1ccc(OC)c(OC)c1. The Morgan fingerprint density at radius 1 is 1.04 bits per heavy atom. The number of ether oxygens (including phenoxy) is 3. The molecular weight excluding hydrogens is 358 g/mol. The van der Waals surface area contributed by atoms with Crippen LogP contribution < -0.4 is 14.8 Å². The van der Waals surface area contributed by atoms with Crippen molar-refractivity contribution in [3.63, 3.8) is 0 Å². The lowest BCUT2D eigenvalue weighted by molar-refractivity contribution is -0.146. The van der Waals surface area contributed by atoms with Crippen LogP contribution in [0.3, 0.4) is 0 Å². The second-order valence-electron chi connectivity index (χ2n) is 6.47. The van der Waals surface area contributed by atoms with Gasteiger partial charge in [-0.3, -0.25) is 9.59 Å². The molecule has 0 aliphatic heterocycles. The average Bonchev–Trinajstić information content (AvgIpc) is 2.72. The summed E-state index contributed by atoms with van der Waals surface area (Å²) in [6.07, 6.45) is 1.00. The number of methoxy groups -OCH3 is 2. The van der Waals surface area contributed by atoms with Gasteiger partial charge in [-0.15, -0.1) is 0 Å². The zero-order valence-electron chi connectivity index (χ0n) is 16.8. The van der Waals surface area contributed by atoms with E-state index in [4.69, 9.17) is 14.2 Å². The highest BCUT2D eigenvalue weighted by atomic mass is 16.5. The van der Waals surface area contributed by atoms with Crippen molar-refractivity contribution in [2.75, 3.05) is 26.1 Å². The molecule has 0 bridgehead atoms. The van der Waals surface area contributed by atoms with E-state index < -0.39 is 5.97 Å². The van der Waals surface area contributed by atoms with Gasteiger partial charge in [-0.25, -0.2) is 0 Å². The lowest BCUT2D eigenvalue weighted by Crippen LogP contribution is -2.22. The topological polar surface area (TPSA) is 73.9 Å². The Balaban J connectivity index is 1.90. The van der Waals surface area contributed by atoms with Gasteiger partial charge < -0.3 is 19.5 Å². The normalized spacial score (nSPS) is 11.4. The predicted molar refractivity (Wildman–Crippen MR) is 108 cm³/mol. The number of rotatable bonds is 9. The maximum Gasteiger partial charge on any atom is 0.310 e. The summed E-state index contributed by atoms with van der Waals surface area (Å²) in [7, 11) is 3.07. The number of nitrogens with one attached hydrogen (secondary N) is 1. The summed E-state index contributed by atoms with van der Waals surface area (Å²) >= 11 is 0. The maximum atomic E-state index is 12.2. The molecule has 6 nitrogen and oxygen atoms in total. The number of carbonyl (C=O) groups is 2. The summed E-state index contributed by atoms with van der Waals surface area (Å²) in [5, 5.41) is 2.83. The summed E-state index contributed by atoms with van der Waals surface area (Å²) < 4.78 is 15.5. The minimum atomic E-state index is -0.488. The molecule has 2 rings (SSSR count). The van der Waals surface area contributed by atoms with Crippen LogP contribution in [-0.4, -0.2) is 32.7 Å². The quantitative estimate of drug-likeness (QED) is 0.662. The average molecular weight is 385 g/mol. The molecule has 0 aliphatic rings. The summed E-state index contributed by atoms with van der Waals surface area (Å²) in [6, 6.07) is 12.8. The fourth-order valence-corrected chi connectivity index (χ4v) is 2.80. The first-order valence-electron chi connectivity index (χ1n) is 9.23. The van der Waals surface area contributed by atoms with Crippen LogP contribution in [-0.2, 0) is 20.7 Å². The molecule has 0 aliphatic carbocycles. The van der Waals surface area contributed by atoms with Gasteiger partial charge in [-0.1, -0.05) is 38.1 Å². The molecule has 2 aromatic rings. The van der Waals surface area contributed by atoms with Crippen molar-refractivity contribution in [2.24, 2.45) is 0 Å². The van der Waals surface area contributed by atoms with Crippen LogP contribution >= 0.6 is 0 Å². The molecule has 2 aromatic carbocycles. The number of amides is 1. The summed E-state index contributed by atoms with van der Waals surface area (Å²) in [6.45, 7) is 3.87. The Kier molecular flexibility index (Phi) is 7.87. The smallest absolute Gasteiger partial charge is 0.310 e. The van der Waals surface area contributed by atoms with Gasteiger partial charge in [0.2, 0.25) is 0 Å².